The molecule has 4 heterocycles. The summed E-state index contributed by atoms with van der Waals surface area (Å²) in [5.74, 6) is -4.28. The number of piperazine rings is 1. The molecule has 0 aliphatic carbocycles. The number of hydrogen-bond donors (Lipinski definition) is 1. The van der Waals surface area contributed by atoms with Gasteiger partial charge in [0, 0.05) is 31.9 Å². The Morgan fingerprint density at radius 2 is 1.88 bits per heavy atom. The standard InChI is InChI=1S/C30H29F3N6O3/c1-15(2)24-26(16(3)9-10-34-24)39-28-19(13-21(33)25(35-28)23-20(32)7-6-8-22(23)40)27(36-30(39)42)38-12-11-37(14-17(38)4)29(41)18(5)31/h6-10,13,15,17,40H,5,11-12,14H2,1-4H3/t17-/m0/s1. The van der Waals surface area contributed by atoms with Gasteiger partial charge in [0.25, 0.3) is 5.91 Å². The highest BCUT2D eigenvalue weighted by Gasteiger charge is 2.32. The second kappa shape index (κ2) is 10.9. The van der Waals surface area contributed by atoms with E-state index in [1.807, 2.05) is 13.8 Å². The monoisotopic (exact) mass is 578 g/mol. The van der Waals surface area contributed by atoms with Crippen LogP contribution in [0, 0.1) is 18.6 Å². The van der Waals surface area contributed by atoms with E-state index >= 15 is 4.39 Å². The quantitative estimate of drug-likeness (QED) is 0.340. The molecule has 1 aliphatic heterocycles. The maximum Gasteiger partial charge on any atom is 0.355 e. The third-order valence-corrected chi connectivity index (χ3v) is 7.37. The van der Waals surface area contributed by atoms with Crippen molar-refractivity contribution in [2.45, 2.75) is 39.7 Å². The summed E-state index contributed by atoms with van der Waals surface area (Å²) in [5.41, 5.74) is -0.0316. The van der Waals surface area contributed by atoms with Crippen molar-refractivity contribution in [3.05, 3.63) is 82.3 Å². The zero-order chi connectivity index (χ0) is 30.5. The van der Waals surface area contributed by atoms with Gasteiger partial charge >= 0.3 is 5.69 Å². The molecular weight excluding hydrogens is 549 g/mol. The number of hydrogen-bond acceptors (Lipinski definition) is 7. The van der Waals surface area contributed by atoms with Gasteiger partial charge in [-0.2, -0.15) is 4.98 Å². The number of phenols is 1. The molecule has 218 valence electrons. The van der Waals surface area contributed by atoms with Crippen molar-refractivity contribution in [2.75, 3.05) is 24.5 Å². The molecule has 1 N–H and O–H groups in total. The average Bonchev–Trinajstić information content (AvgIpc) is 2.93. The van der Waals surface area contributed by atoms with Crippen molar-refractivity contribution < 1.29 is 23.1 Å². The van der Waals surface area contributed by atoms with Crippen molar-refractivity contribution in [3.63, 3.8) is 0 Å². The number of carbonyl (C=O) groups is 1. The van der Waals surface area contributed by atoms with E-state index in [9.17, 15) is 23.5 Å². The molecule has 0 radical (unpaired) electrons. The van der Waals surface area contributed by atoms with Crippen molar-refractivity contribution in [3.8, 4) is 22.7 Å². The largest absolute Gasteiger partial charge is 0.507 e. The van der Waals surface area contributed by atoms with E-state index in [1.54, 1.807) is 31.0 Å². The van der Waals surface area contributed by atoms with Gasteiger partial charge in [-0.1, -0.05) is 26.5 Å². The Labute approximate surface area is 239 Å². The Hall–Kier alpha value is -4.74. The number of carbonyl (C=O) groups excluding carboxylic acids is 1. The zero-order valence-corrected chi connectivity index (χ0v) is 23.5. The molecule has 1 atom stereocenters. The van der Waals surface area contributed by atoms with Crippen LogP contribution < -0.4 is 10.6 Å². The molecule has 9 nitrogen and oxygen atoms in total. The Balaban J connectivity index is 1.81. The molecule has 4 aromatic rings. The van der Waals surface area contributed by atoms with Gasteiger partial charge in [-0.3, -0.25) is 9.78 Å². The lowest BCUT2D eigenvalue weighted by atomic mass is 10.0. The van der Waals surface area contributed by atoms with Crippen molar-refractivity contribution >= 4 is 22.8 Å². The minimum atomic E-state index is -1.08. The number of aromatic nitrogens is 4. The van der Waals surface area contributed by atoms with Gasteiger partial charge in [0.2, 0.25) is 0 Å². The molecule has 5 rings (SSSR count). The Kier molecular flexibility index (Phi) is 7.48. The number of aryl methyl sites for hydroxylation is 1. The first-order chi connectivity index (χ1) is 19.9. The first kappa shape index (κ1) is 28.8. The fourth-order valence-corrected chi connectivity index (χ4v) is 5.36. The third kappa shape index (κ3) is 4.86. The molecule has 0 spiro atoms. The molecule has 12 heteroatoms. The molecule has 42 heavy (non-hydrogen) atoms. The van der Waals surface area contributed by atoms with E-state index in [-0.39, 0.29) is 42.4 Å². The number of halogens is 3. The normalized spacial score (nSPS) is 15.5. The summed E-state index contributed by atoms with van der Waals surface area (Å²) in [5, 5.41) is 10.6. The average molecular weight is 579 g/mol. The number of rotatable bonds is 5. The molecule has 0 unspecified atom stereocenters. The van der Waals surface area contributed by atoms with E-state index < -0.39 is 52.1 Å². The van der Waals surface area contributed by atoms with Gasteiger partial charge in [0.15, 0.2) is 17.3 Å². The molecule has 1 amide bonds. The van der Waals surface area contributed by atoms with E-state index in [2.05, 4.69) is 21.5 Å². The molecule has 1 fully saturated rings. The lowest BCUT2D eigenvalue weighted by molar-refractivity contribution is -0.129. The summed E-state index contributed by atoms with van der Waals surface area (Å²) < 4.78 is 45.5. The summed E-state index contributed by atoms with van der Waals surface area (Å²) in [7, 11) is 0. The van der Waals surface area contributed by atoms with Gasteiger partial charge in [-0.15, -0.1) is 0 Å². The van der Waals surface area contributed by atoms with Crippen LogP contribution in [-0.2, 0) is 4.79 Å². The molecule has 1 aromatic carbocycles. The second-order valence-electron chi connectivity index (χ2n) is 10.6. The highest BCUT2D eigenvalue weighted by atomic mass is 19.1. The first-order valence-corrected chi connectivity index (χ1v) is 13.4. The van der Waals surface area contributed by atoms with Crippen LogP contribution in [-0.4, -0.2) is 61.1 Å². The number of amides is 1. The van der Waals surface area contributed by atoms with Crippen LogP contribution in [0.1, 0.15) is 37.9 Å². The Morgan fingerprint density at radius 3 is 2.52 bits per heavy atom. The molecule has 0 saturated carbocycles. The molecular formula is C30H29F3N6O3. The van der Waals surface area contributed by atoms with Crippen molar-refractivity contribution in [1.82, 2.24) is 24.4 Å². The van der Waals surface area contributed by atoms with Crippen LogP contribution in [0.25, 0.3) is 28.0 Å². The summed E-state index contributed by atoms with van der Waals surface area (Å²) in [6.07, 6.45) is 1.62. The number of aromatic hydroxyl groups is 1. The van der Waals surface area contributed by atoms with Crippen molar-refractivity contribution in [2.24, 2.45) is 0 Å². The van der Waals surface area contributed by atoms with Crippen LogP contribution in [0.15, 0.2) is 53.7 Å². The van der Waals surface area contributed by atoms with Gasteiger partial charge in [0.05, 0.1) is 22.3 Å². The minimum Gasteiger partial charge on any atom is -0.507 e. The van der Waals surface area contributed by atoms with E-state index in [4.69, 9.17) is 0 Å². The van der Waals surface area contributed by atoms with Crippen molar-refractivity contribution in [1.29, 1.82) is 0 Å². The highest BCUT2D eigenvalue weighted by molar-refractivity contribution is 5.92. The summed E-state index contributed by atoms with van der Waals surface area (Å²) in [6.45, 7) is 10.8. The highest BCUT2D eigenvalue weighted by Crippen LogP contribution is 2.36. The van der Waals surface area contributed by atoms with Gasteiger partial charge in [0.1, 0.15) is 23.1 Å². The molecule has 0 bridgehead atoms. The second-order valence-corrected chi connectivity index (χ2v) is 10.6. The van der Waals surface area contributed by atoms with Crippen LogP contribution >= 0.6 is 0 Å². The Bertz CT molecular complexity index is 1790. The summed E-state index contributed by atoms with van der Waals surface area (Å²) in [6, 6.07) is 5.95. The predicted molar refractivity (Wildman–Crippen MR) is 152 cm³/mol. The van der Waals surface area contributed by atoms with E-state index in [0.29, 0.717) is 16.9 Å². The lowest BCUT2D eigenvalue weighted by Crippen LogP contribution is -2.54. The smallest absolute Gasteiger partial charge is 0.355 e. The van der Waals surface area contributed by atoms with E-state index in [1.165, 1.54) is 21.6 Å². The zero-order valence-electron chi connectivity index (χ0n) is 23.5. The minimum absolute atomic E-state index is 0.0232. The molecule has 3 aromatic heterocycles. The van der Waals surface area contributed by atoms with Crippen LogP contribution in [0.4, 0.5) is 19.0 Å². The van der Waals surface area contributed by atoms with Crippen LogP contribution in [0.3, 0.4) is 0 Å². The maximum absolute atomic E-state index is 15.8. The van der Waals surface area contributed by atoms with Crippen LogP contribution in [0.5, 0.6) is 5.75 Å². The maximum atomic E-state index is 15.8. The van der Waals surface area contributed by atoms with Gasteiger partial charge in [-0.05, 0) is 49.6 Å². The summed E-state index contributed by atoms with van der Waals surface area (Å²) >= 11 is 0. The molecule has 1 saturated heterocycles. The predicted octanol–water partition coefficient (Wildman–Crippen LogP) is 4.78. The summed E-state index contributed by atoms with van der Waals surface area (Å²) in [4.78, 5) is 42.4. The number of phenolic OH excluding ortho intramolecular Hbond substituents is 1. The fourth-order valence-electron chi connectivity index (χ4n) is 5.36. The third-order valence-electron chi connectivity index (χ3n) is 7.37. The lowest BCUT2D eigenvalue weighted by Gasteiger charge is -2.40. The van der Waals surface area contributed by atoms with E-state index in [0.717, 1.165) is 12.1 Å². The Morgan fingerprint density at radius 1 is 1.14 bits per heavy atom. The first-order valence-electron chi connectivity index (χ1n) is 13.4. The SMILES string of the molecule is C=C(F)C(=O)N1CCN(c2nc(=O)n(-c3c(C)ccnc3C(C)C)c3nc(-c4c(O)cccc4F)c(F)cc23)[C@@H](C)C1. The number of nitrogens with zero attached hydrogens (tertiary/aromatic N) is 6. The van der Waals surface area contributed by atoms with Crippen LogP contribution in [0.2, 0.25) is 0 Å². The fraction of sp³-hybridized carbons (Fsp3) is 0.300. The number of pyridine rings is 2. The molecule has 1 aliphatic rings. The van der Waals surface area contributed by atoms with Gasteiger partial charge < -0.3 is 14.9 Å². The number of anilines is 1. The number of benzene rings is 1. The topological polar surface area (TPSA) is 104 Å². The number of fused-ring (bicyclic) bond motifs is 1. The van der Waals surface area contributed by atoms with Gasteiger partial charge in [-0.25, -0.2) is 27.5 Å².